The quantitative estimate of drug-likeness (QED) is 0.504. The third kappa shape index (κ3) is 3.65. The number of aromatic amines is 1. The summed E-state index contributed by atoms with van der Waals surface area (Å²) in [7, 11) is 0. The maximum absolute atomic E-state index is 15.2. The van der Waals surface area contributed by atoms with Gasteiger partial charge in [-0.25, -0.2) is 18.9 Å². The van der Waals surface area contributed by atoms with Crippen molar-refractivity contribution in [2.24, 2.45) is 11.8 Å². The van der Waals surface area contributed by atoms with Crippen molar-refractivity contribution in [2.45, 2.75) is 25.7 Å². The van der Waals surface area contributed by atoms with E-state index in [-0.39, 0.29) is 23.4 Å². The Morgan fingerprint density at radius 3 is 2.76 bits per heavy atom. The SMILES string of the molecule is O=C(C1CC1)N1CCC(Cc2n[nH]c(=O)n2-c2ccc(-c3ccc4occc4c3)cc2F)C1. The Balaban J connectivity index is 1.26. The second kappa shape index (κ2) is 7.72. The molecule has 168 valence electrons. The first-order valence-electron chi connectivity index (χ1n) is 11.3. The molecule has 1 aliphatic carbocycles. The van der Waals surface area contributed by atoms with E-state index in [2.05, 4.69) is 10.2 Å². The van der Waals surface area contributed by atoms with Crippen molar-refractivity contribution < 1.29 is 13.6 Å². The maximum atomic E-state index is 15.2. The molecule has 7 nitrogen and oxygen atoms in total. The van der Waals surface area contributed by atoms with Crippen LogP contribution in [0.3, 0.4) is 0 Å². The van der Waals surface area contributed by atoms with E-state index in [4.69, 9.17) is 4.42 Å². The van der Waals surface area contributed by atoms with Crippen LogP contribution in [0.15, 0.2) is 57.9 Å². The van der Waals surface area contributed by atoms with Gasteiger partial charge in [-0.05, 0) is 66.6 Å². The number of rotatable bonds is 5. The lowest BCUT2D eigenvalue weighted by Gasteiger charge is -2.16. The smallest absolute Gasteiger partial charge is 0.348 e. The average molecular weight is 446 g/mol. The summed E-state index contributed by atoms with van der Waals surface area (Å²) in [6.07, 6.45) is 4.97. The zero-order valence-electron chi connectivity index (χ0n) is 18.0. The summed E-state index contributed by atoms with van der Waals surface area (Å²) >= 11 is 0. The normalized spacial score (nSPS) is 18.3. The largest absolute Gasteiger partial charge is 0.464 e. The van der Waals surface area contributed by atoms with E-state index in [1.165, 1.54) is 10.6 Å². The van der Waals surface area contributed by atoms with E-state index in [9.17, 15) is 9.59 Å². The molecule has 0 bridgehead atoms. The highest BCUT2D eigenvalue weighted by molar-refractivity contribution is 5.83. The first-order chi connectivity index (χ1) is 16.1. The predicted molar refractivity (Wildman–Crippen MR) is 120 cm³/mol. The second-order valence-corrected chi connectivity index (χ2v) is 9.04. The van der Waals surface area contributed by atoms with Crippen LogP contribution >= 0.6 is 0 Å². The number of carbonyl (C=O) groups excluding carboxylic acids is 1. The molecule has 1 saturated heterocycles. The minimum Gasteiger partial charge on any atom is -0.464 e. The van der Waals surface area contributed by atoms with Crippen LogP contribution in [0.4, 0.5) is 4.39 Å². The Morgan fingerprint density at radius 1 is 1.12 bits per heavy atom. The number of hydrogen-bond acceptors (Lipinski definition) is 4. The molecule has 1 amide bonds. The van der Waals surface area contributed by atoms with Crippen LogP contribution in [-0.4, -0.2) is 38.7 Å². The van der Waals surface area contributed by atoms with Crippen molar-refractivity contribution >= 4 is 16.9 Å². The van der Waals surface area contributed by atoms with E-state index < -0.39 is 11.5 Å². The summed E-state index contributed by atoms with van der Waals surface area (Å²) in [6, 6.07) is 12.4. The highest BCUT2D eigenvalue weighted by atomic mass is 19.1. The minimum atomic E-state index is -0.499. The van der Waals surface area contributed by atoms with Crippen molar-refractivity contribution in [3.8, 4) is 16.8 Å². The number of halogens is 1. The zero-order valence-corrected chi connectivity index (χ0v) is 18.0. The number of H-pyrrole nitrogens is 1. The molecular formula is C25H23FN4O3. The maximum Gasteiger partial charge on any atom is 0.348 e. The van der Waals surface area contributed by atoms with Gasteiger partial charge in [-0.2, -0.15) is 5.10 Å². The molecule has 1 saturated carbocycles. The van der Waals surface area contributed by atoms with E-state index in [0.29, 0.717) is 24.4 Å². The Morgan fingerprint density at radius 2 is 1.94 bits per heavy atom. The number of fused-ring (bicyclic) bond motifs is 1. The van der Waals surface area contributed by atoms with Crippen LogP contribution < -0.4 is 5.69 Å². The van der Waals surface area contributed by atoms with Crippen LogP contribution in [0, 0.1) is 17.7 Å². The van der Waals surface area contributed by atoms with Crippen molar-refractivity contribution in [2.75, 3.05) is 13.1 Å². The molecule has 4 aromatic rings. The Labute approximate surface area is 188 Å². The molecular weight excluding hydrogens is 423 g/mol. The number of nitrogens with one attached hydrogen (secondary N) is 1. The van der Waals surface area contributed by atoms with Crippen LogP contribution in [0.1, 0.15) is 25.1 Å². The first-order valence-corrected chi connectivity index (χ1v) is 11.3. The fourth-order valence-corrected chi connectivity index (χ4v) is 4.78. The topological polar surface area (TPSA) is 84.1 Å². The Kier molecular flexibility index (Phi) is 4.67. The van der Waals surface area contributed by atoms with E-state index in [1.54, 1.807) is 18.4 Å². The van der Waals surface area contributed by atoms with Gasteiger partial charge in [0.1, 0.15) is 17.2 Å². The van der Waals surface area contributed by atoms with Gasteiger partial charge in [-0.15, -0.1) is 0 Å². The second-order valence-electron chi connectivity index (χ2n) is 9.04. The minimum absolute atomic E-state index is 0.167. The number of amides is 1. The van der Waals surface area contributed by atoms with Crippen molar-refractivity contribution in [3.05, 3.63) is 70.9 Å². The standard InChI is InChI=1S/C25H23FN4O3/c26-20-13-18(17-4-6-22-19(12-17)8-10-33-22)3-5-21(20)30-23(27-28-25(30)32)11-15-7-9-29(14-15)24(31)16-1-2-16/h3-6,8,10,12-13,15-16H,1-2,7,9,11,14H2,(H,28,32). The highest BCUT2D eigenvalue weighted by Crippen LogP contribution is 2.33. The molecule has 1 atom stereocenters. The molecule has 1 N–H and O–H groups in total. The number of hydrogen-bond donors (Lipinski definition) is 1. The molecule has 33 heavy (non-hydrogen) atoms. The molecule has 2 fully saturated rings. The van der Waals surface area contributed by atoms with Crippen LogP contribution in [0.5, 0.6) is 0 Å². The zero-order chi connectivity index (χ0) is 22.5. The van der Waals surface area contributed by atoms with E-state index in [0.717, 1.165) is 42.3 Å². The number of nitrogens with zero attached hydrogens (tertiary/aromatic N) is 3. The summed E-state index contributed by atoms with van der Waals surface area (Å²) in [5.41, 5.74) is 2.04. The third-order valence-electron chi connectivity index (χ3n) is 6.71. The molecule has 2 aromatic heterocycles. The molecule has 0 spiro atoms. The Bertz CT molecular complexity index is 1410. The number of benzene rings is 2. The van der Waals surface area contributed by atoms with Gasteiger partial charge in [-0.3, -0.25) is 4.79 Å². The molecule has 3 heterocycles. The van der Waals surface area contributed by atoms with Gasteiger partial charge in [0.05, 0.1) is 12.0 Å². The van der Waals surface area contributed by atoms with E-state index >= 15 is 4.39 Å². The average Bonchev–Trinajstić information content (AvgIpc) is 3.21. The first kappa shape index (κ1) is 20.0. The van der Waals surface area contributed by atoms with Gasteiger partial charge in [-0.1, -0.05) is 12.1 Å². The van der Waals surface area contributed by atoms with E-state index in [1.807, 2.05) is 29.2 Å². The molecule has 2 aliphatic rings. The van der Waals surface area contributed by atoms with Gasteiger partial charge in [0.25, 0.3) is 0 Å². The third-order valence-corrected chi connectivity index (χ3v) is 6.71. The molecule has 1 unspecified atom stereocenters. The summed E-state index contributed by atoms with van der Waals surface area (Å²) in [5.74, 6) is 0.630. The number of aromatic nitrogens is 3. The number of furan rings is 1. The summed E-state index contributed by atoms with van der Waals surface area (Å²) < 4.78 is 21.9. The molecule has 0 radical (unpaired) electrons. The van der Waals surface area contributed by atoms with Gasteiger partial charge < -0.3 is 9.32 Å². The Hall–Kier alpha value is -3.68. The number of likely N-dealkylation sites (tertiary alicyclic amines) is 1. The molecule has 8 heteroatoms. The molecule has 1 aliphatic heterocycles. The summed E-state index contributed by atoms with van der Waals surface area (Å²) in [4.78, 5) is 26.8. The number of carbonyl (C=O) groups is 1. The van der Waals surface area contributed by atoms with Crippen LogP contribution in [0.25, 0.3) is 27.8 Å². The fraction of sp³-hybridized carbons (Fsp3) is 0.320. The van der Waals surface area contributed by atoms with Crippen molar-refractivity contribution in [1.29, 1.82) is 0 Å². The van der Waals surface area contributed by atoms with Gasteiger partial charge in [0.2, 0.25) is 5.91 Å². The van der Waals surface area contributed by atoms with Crippen LogP contribution in [-0.2, 0) is 11.2 Å². The van der Waals surface area contributed by atoms with Crippen LogP contribution in [0.2, 0.25) is 0 Å². The molecule has 2 aromatic carbocycles. The van der Waals surface area contributed by atoms with Gasteiger partial charge in [0, 0.05) is 30.8 Å². The highest BCUT2D eigenvalue weighted by Gasteiger charge is 2.37. The monoisotopic (exact) mass is 446 g/mol. The fourth-order valence-electron chi connectivity index (χ4n) is 4.78. The van der Waals surface area contributed by atoms with Gasteiger partial charge in [0.15, 0.2) is 0 Å². The lowest BCUT2D eigenvalue weighted by Crippen LogP contribution is -2.30. The van der Waals surface area contributed by atoms with Gasteiger partial charge >= 0.3 is 5.69 Å². The summed E-state index contributed by atoms with van der Waals surface area (Å²) in [6.45, 7) is 1.40. The lowest BCUT2D eigenvalue weighted by molar-refractivity contribution is -0.131. The van der Waals surface area contributed by atoms with Crippen molar-refractivity contribution in [1.82, 2.24) is 19.7 Å². The molecule has 6 rings (SSSR count). The lowest BCUT2D eigenvalue weighted by atomic mass is 10.0. The van der Waals surface area contributed by atoms with Crippen molar-refractivity contribution in [3.63, 3.8) is 0 Å². The summed E-state index contributed by atoms with van der Waals surface area (Å²) in [5, 5.41) is 7.57. The predicted octanol–water partition coefficient (Wildman–Crippen LogP) is 3.91.